The normalized spacial score (nSPS) is 11.2. The largest absolute Gasteiger partial charge is 0.494 e. The summed E-state index contributed by atoms with van der Waals surface area (Å²) in [5.41, 5.74) is 2.62. The van der Waals surface area contributed by atoms with Crippen molar-refractivity contribution in [3.05, 3.63) is 88.8 Å². The van der Waals surface area contributed by atoms with Crippen molar-refractivity contribution >= 4 is 5.52 Å². The van der Waals surface area contributed by atoms with Crippen LogP contribution in [-0.2, 0) is 13.2 Å². The molecule has 5 rings (SSSR count). The van der Waals surface area contributed by atoms with Gasteiger partial charge in [0.15, 0.2) is 0 Å². The SMILES string of the molecule is CCOc1cccc(-c2noc(Cn3ccn4nc(-c5ccccc5)c(CO)c4c3=O)n2)c1. The summed E-state index contributed by atoms with van der Waals surface area (Å²) in [6.45, 7) is 2.25. The third kappa shape index (κ3) is 3.90. The third-order valence-corrected chi connectivity index (χ3v) is 5.24. The van der Waals surface area contributed by atoms with E-state index in [0.29, 0.717) is 29.2 Å². The van der Waals surface area contributed by atoms with E-state index >= 15 is 0 Å². The van der Waals surface area contributed by atoms with Crippen molar-refractivity contribution < 1.29 is 14.4 Å². The molecule has 166 valence electrons. The van der Waals surface area contributed by atoms with Gasteiger partial charge in [-0.15, -0.1) is 0 Å². The molecule has 0 spiro atoms. The van der Waals surface area contributed by atoms with Crippen LogP contribution in [0.3, 0.4) is 0 Å². The highest BCUT2D eigenvalue weighted by molar-refractivity contribution is 5.72. The van der Waals surface area contributed by atoms with E-state index in [2.05, 4.69) is 15.2 Å². The van der Waals surface area contributed by atoms with Crippen LogP contribution in [0.15, 0.2) is 76.3 Å². The van der Waals surface area contributed by atoms with Gasteiger partial charge < -0.3 is 18.9 Å². The van der Waals surface area contributed by atoms with Gasteiger partial charge in [0, 0.05) is 29.1 Å². The van der Waals surface area contributed by atoms with Crippen LogP contribution in [-0.4, -0.2) is 36.0 Å². The van der Waals surface area contributed by atoms with Gasteiger partial charge in [-0.25, -0.2) is 4.52 Å². The van der Waals surface area contributed by atoms with Gasteiger partial charge >= 0.3 is 0 Å². The molecule has 0 aliphatic rings. The molecule has 0 saturated heterocycles. The number of nitrogens with zero attached hydrogens (tertiary/aromatic N) is 5. The fraction of sp³-hybridized carbons (Fsp3) is 0.167. The Morgan fingerprint density at radius 2 is 1.88 bits per heavy atom. The summed E-state index contributed by atoms with van der Waals surface area (Å²) in [5.74, 6) is 1.41. The fourth-order valence-corrected chi connectivity index (χ4v) is 3.73. The molecule has 5 aromatic rings. The van der Waals surface area contributed by atoms with Gasteiger partial charge in [0.2, 0.25) is 11.7 Å². The lowest BCUT2D eigenvalue weighted by atomic mass is 10.1. The minimum absolute atomic E-state index is 0.0875. The van der Waals surface area contributed by atoms with Gasteiger partial charge in [-0.3, -0.25) is 4.79 Å². The van der Waals surface area contributed by atoms with Crippen molar-refractivity contribution in [2.45, 2.75) is 20.1 Å². The van der Waals surface area contributed by atoms with E-state index in [1.165, 1.54) is 9.08 Å². The first-order valence-electron chi connectivity index (χ1n) is 10.5. The van der Waals surface area contributed by atoms with Gasteiger partial charge in [0.25, 0.3) is 5.56 Å². The molecule has 1 N–H and O–H groups in total. The summed E-state index contributed by atoms with van der Waals surface area (Å²) in [6.07, 6.45) is 3.28. The number of ether oxygens (including phenoxy) is 1. The molecule has 0 aliphatic carbocycles. The smallest absolute Gasteiger partial charge is 0.277 e. The molecule has 0 saturated carbocycles. The van der Waals surface area contributed by atoms with E-state index in [-0.39, 0.29) is 24.6 Å². The average Bonchev–Trinajstić information content (AvgIpc) is 3.47. The Hall–Kier alpha value is -4.24. The van der Waals surface area contributed by atoms with Crippen molar-refractivity contribution in [3.63, 3.8) is 0 Å². The van der Waals surface area contributed by atoms with E-state index in [1.807, 2.05) is 61.5 Å². The zero-order valence-electron chi connectivity index (χ0n) is 17.9. The van der Waals surface area contributed by atoms with Crippen molar-refractivity contribution in [3.8, 4) is 28.4 Å². The predicted octanol–water partition coefficient (Wildman–Crippen LogP) is 3.15. The van der Waals surface area contributed by atoms with Crippen LogP contribution in [0.25, 0.3) is 28.2 Å². The maximum Gasteiger partial charge on any atom is 0.277 e. The zero-order valence-corrected chi connectivity index (χ0v) is 17.9. The molecule has 9 heteroatoms. The first kappa shape index (κ1) is 20.7. The second-order valence-corrected chi connectivity index (χ2v) is 7.35. The van der Waals surface area contributed by atoms with Gasteiger partial charge in [-0.05, 0) is 19.1 Å². The van der Waals surface area contributed by atoms with E-state index in [9.17, 15) is 9.90 Å². The molecule has 2 aromatic carbocycles. The number of rotatable bonds is 7. The minimum atomic E-state index is -0.312. The Morgan fingerprint density at radius 3 is 2.67 bits per heavy atom. The van der Waals surface area contributed by atoms with Crippen LogP contribution in [0.1, 0.15) is 18.4 Å². The lowest BCUT2D eigenvalue weighted by molar-refractivity contribution is 0.283. The van der Waals surface area contributed by atoms with Crippen LogP contribution in [0.5, 0.6) is 5.75 Å². The average molecular weight is 443 g/mol. The number of aromatic nitrogens is 5. The Morgan fingerprint density at radius 1 is 1.06 bits per heavy atom. The summed E-state index contributed by atoms with van der Waals surface area (Å²) < 4.78 is 13.9. The Labute approximate surface area is 188 Å². The van der Waals surface area contributed by atoms with Crippen LogP contribution in [0.4, 0.5) is 0 Å². The van der Waals surface area contributed by atoms with Crippen molar-refractivity contribution in [2.75, 3.05) is 6.61 Å². The van der Waals surface area contributed by atoms with E-state index in [4.69, 9.17) is 9.26 Å². The predicted molar refractivity (Wildman–Crippen MR) is 121 cm³/mol. The number of aliphatic hydroxyl groups excluding tert-OH is 1. The molecule has 0 amide bonds. The van der Waals surface area contributed by atoms with Crippen molar-refractivity contribution in [2.24, 2.45) is 0 Å². The molecule has 3 heterocycles. The quantitative estimate of drug-likeness (QED) is 0.412. The molecule has 9 nitrogen and oxygen atoms in total. The first-order chi connectivity index (χ1) is 16.2. The standard InChI is InChI=1S/C24H21N5O4/c1-2-32-18-10-6-9-17(13-18)23-25-20(33-27-23)14-28-11-12-29-22(24(28)31)19(15-30)21(26-29)16-7-4-3-5-8-16/h3-13,30H,2,14-15H2,1H3. The molecule has 0 fully saturated rings. The highest BCUT2D eigenvalue weighted by atomic mass is 16.5. The Bertz CT molecular complexity index is 1470. The Balaban J connectivity index is 1.49. The van der Waals surface area contributed by atoms with Crippen LogP contribution in [0.2, 0.25) is 0 Å². The maximum absolute atomic E-state index is 13.2. The van der Waals surface area contributed by atoms with Crippen LogP contribution in [0, 0.1) is 0 Å². The monoisotopic (exact) mass is 443 g/mol. The van der Waals surface area contributed by atoms with Gasteiger partial charge in [0.1, 0.15) is 17.8 Å². The van der Waals surface area contributed by atoms with Crippen molar-refractivity contribution in [1.29, 1.82) is 0 Å². The zero-order chi connectivity index (χ0) is 22.8. The van der Waals surface area contributed by atoms with Gasteiger partial charge in [-0.2, -0.15) is 10.1 Å². The third-order valence-electron chi connectivity index (χ3n) is 5.24. The summed E-state index contributed by atoms with van der Waals surface area (Å²) in [6, 6.07) is 16.9. The molecule has 0 radical (unpaired) electrons. The molecule has 0 atom stereocenters. The van der Waals surface area contributed by atoms with Crippen LogP contribution < -0.4 is 10.3 Å². The molecule has 0 bridgehead atoms. The van der Waals surface area contributed by atoms with E-state index in [1.54, 1.807) is 12.4 Å². The second kappa shape index (κ2) is 8.71. The molecule has 3 aromatic heterocycles. The fourth-order valence-electron chi connectivity index (χ4n) is 3.73. The topological polar surface area (TPSA) is 108 Å². The number of hydrogen-bond acceptors (Lipinski definition) is 7. The molecule has 0 aliphatic heterocycles. The molecule has 0 unspecified atom stereocenters. The van der Waals surface area contributed by atoms with E-state index < -0.39 is 0 Å². The van der Waals surface area contributed by atoms with Crippen molar-refractivity contribution in [1.82, 2.24) is 24.3 Å². The number of fused-ring (bicyclic) bond motifs is 1. The Kier molecular flexibility index (Phi) is 5.45. The minimum Gasteiger partial charge on any atom is -0.494 e. The highest BCUT2D eigenvalue weighted by Crippen LogP contribution is 2.25. The van der Waals surface area contributed by atoms with Gasteiger partial charge in [-0.1, -0.05) is 47.6 Å². The molecular formula is C24H21N5O4. The van der Waals surface area contributed by atoms with Crippen LogP contribution >= 0.6 is 0 Å². The molecule has 33 heavy (non-hydrogen) atoms. The summed E-state index contributed by atoms with van der Waals surface area (Å²) in [5, 5.41) is 18.6. The number of benzene rings is 2. The van der Waals surface area contributed by atoms with E-state index in [0.717, 1.165) is 16.9 Å². The maximum atomic E-state index is 13.2. The molecular weight excluding hydrogens is 422 g/mol. The number of hydrogen-bond donors (Lipinski definition) is 1. The lowest BCUT2D eigenvalue weighted by Crippen LogP contribution is -2.22. The highest BCUT2D eigenvalue weighted by Gasteiger charge is 2.18. The summed E-state index contributed by atoms with van der Waals surface area (Å²) >= 11 is 0. The van der Waals surface area contributed by atoms with Gasteiger partial charge in [0.05, 0.1) is 18.9 Å². The lowest BCUT2D eigenvalue weighted by Gasteiger charge is -2.04. The summed E-state index contributed by atoms with van der Waals surface area (Å²) in [7, 11) is 0. The number of aliphatic hydroxyl groups is 1. The second-order valence-electron chi connectivity index (χ2n) is 7.35. The first-order valence-corrected chi connectivity index (χ1v) is 10.5. The summed E-state index contributed by atoms with van der Waals surface area (Å²) in [4.78, 5) is 17.7.